The Morgan fingerprint density at radius 3 is 0.959 bits per heavy atom. The molecule has 3 amide bonds. The van der Waals surface area contributed by atoms with E-state index >= 15 is 0 Å². The lowest BCUT2D eigenvalue weighted by Gasteiger charge is -2.41. The van der Waals surface area contributed by atoms with Crippen molar-refractivity contribution in [2.75, 3.05) is 101 Å². The van der Waals surface area contributed by atoms with Crippen molar-refractivity contribution in [3.05, 3.63) is 181 Å². The molecule has 0 bridgehead atoms. The molecule has 3 saturated heterocycles. The molecular formula is C71H89Cl6N9O11. The van der Waals surface area contributed by atoms with Crippen molar-refractivity contribution in [1.82, 2.24) is 44.8 Å². The van der Waals surface area contributed by atoms with Gasteiger partial charge in [-0.25, -0.2) is 0 Å². The topological polar surface area (TPSA) is 243 Å². The third-order valence-corrected chi connectivity index (χ3v) is 21.7. The van der Waals surface area contributed by atoms with Crippen LogP contribution < -0.4 is 36.2 Å². The third-order valence-electron chi connectivity index (χ3n) is 19.4. The van der Waals surface area contributed by atoms with Gasteiger partial charge >= 0.3 is 0 Å². The lowest BCUT2D eigenvalue weighted by Crippen LogP contribution is -2.46. The summed E-state index contributed by atoms with van der Waals surface area (Å²) in [5, 5.41) is 13.5. The standard InChI is InChI=1S/2C23H27Cl2N3O3.C22H25Cl2N3O3.CH4O.CH2O.CH4/c2*1-12-7-19(31-4)17(22(29)26-12)11-28-6-5-15-18(24)8-16(21(25)20(15)23(28)30)13(2)14-9-27(3)10-14;1-11-6-18(30-3)16(21(28)26-11)10-27-5-4-14-17(23)7-15(12(2)13-8-25-9-13)20(24)19(14)22(27)29;2*1-2;/h2*7-8,13-14H,5-6,9-11H2,1-4H3,(H,26,29);6-7,12-13,25H,4-5,8-10H2,1-3H3,(H,26,28);2H,1H3;1H2;1H4. The van der Waals surface area contributed by atoms with Crippen LogP contribution in [0, 0.1) is 38.5 Å². The van der Waals surface area contributed by atoms with Gasteiger partial charge in [-0.15, -0.1) is 0 Å². The van der Waals surface area contributed by atoms with Gasteiger partial charge in [0.2, 0.25) is 0 Å². The average Bonchev–Trinajstić information content (AvgIpc) is 0.767. The molecule has 20 nitrogen and oxygen atoms in total. The van der Waals surface area contributed by atoms with Gasteiger partial charge < -0.3 is 68.9 Å². The molecule has 9 heterocycles. The van der Waals surface area contributed by atoms with Crippen molar-refractivity contribution in [2.45, 2.75) is 106 Å². The van der Waals surface area contributed by atoms with Crippen LogP contribution >= 0.6 is 69.6 Å². The van der Waals surface area contributed by atoms with Crippen LogP contribution in [0.25, 0.3) is 0 Å². The van der Waals surface area contributed by atoms with Gasteiger partial charge in [0.15, 0.2) is 0 Å². The van der Waals surface area contributed by atoms with Gasteiger partial charge in [-0.2, -0.15) is 0 Å². The number of amides is 3. The lowest BCUT2D eigenvalue weighted by molar-refractivity contribution is -0.0980. The quantitative estimate of drug-likeness (QED) is 0.0642. The number of carbonyl (C=O) groups excluding carboxylic acids is 4. The number of halogens is 6. The first-order valence-electron chi connectivity index (χ1n) is 31.7. The maximum Gasteiger partial charge on any atom is 0.256 e. The van der Waals surface area contributed by atoms with Gasteiger partial charge in [0.1, 0.15) is 24.0 Å². The zero-order valence-corrected chi connectivity index (χ0v) is 60.8. The van der Waals surface area contributed by atoms with Gasteiger partial charge in [-0.05, 0) is 173 Å². The molecule has 6 aliphatic rings. The third kappa shape index (κ3) is 16.4. The SMILES string of the molecule is C.C=O.CO.COc1cc(C)[nH]c(=O)c1CN1CCc2c(Cl)cc(C(C)C3CN(C)C3)c(Cl)c2C1=O.COc1cc(C)[nH]c(=O)c1CN1CCc2c(Cl)cc(C(C)C3CN(C)C3)c(Cl)c2C1=O.COc1cc(C)[nH]c(=O)c1CN1CCc2c(Cl)cc(C(C)C3CNC3)c(Cl)c2C1=O. The highest BCUT2D eigenvalue weighted by atomic mass is 35.5. The van der Waals surface area contributed by atoms with Crippen LogP contribution in [-0.2, 0) is 43.7 Å². The monoisotopic (exact) mass is 1450 g/mol. The fourth-order valence-corrected chi connectivity index (χ4v) is 15.8. The number of nitrogens with zero attached hydrogens (tertiary/aromatic N) is 5. The number of nitrogens with one attached hydrogen (secondary N) is 4. The number of hydrogen-bond donors (Lipinski definition) is 5. The summed E-state index contributed by atoms with van der Waals surface area (Å²) >= 11 is 40.2. The molecule has 0 aliphatic carbocycles. The number of aliphatic hydroxyl groups is 1. The van der Waals surface area contributed by atoms with Crippen molar-refractivity contribution in [3.63, 3.8) is 0 Å². The fraction of sp³-hybridized carbons (Fsp3) is 0.479. The zero-order valence-electron chi connectivity index (χ0n) is 56.3. The average molecular weight is 1460 g/mol. The summed E-state index contributed by atoms with van der Waals surface area (Å²) in [6, 6.07) is 11.1. The maximum absolute atomic E-state index is 13.5. The molecule has 3 atom stereocenters. The van der Waals surface area contributed by atoms with Gasteiger partial charge in [-0.3, -0.25) is 28.8 Å². The number of methoxy groups -OCH3 is 3. The fourth-order valence-electron chi connectivity index (χ4n) is 13.6. The van der Waals surface area contributed by atoms with Crippen molar-refractivity contribution in [1.29, 1.82) is 0 Å². The molecule has 3 aromatic carbocycles. The normalized spacial score (nSPS) is 17.0. The molecule has 526 valence electrons. The Hall–Kier alpha value is -6.43. The van der Waals surface area contributed by atoms with E-state index in [0.29, 0.717) is 154 Å². The number of H-pyrrole nitrogens is 3. The number of aromatic nitrogens is 3. The van der Waals surface area contributed by atoms with Crippen LogP contribution in [-0.4, -0.2) is 171 Å². The molecule has 3 aromatic heterocycles. The van der Waals surface area contributed by atoms with Crippen LogP contribution in [0.15, 0.2) is 50.8 Å². The van der Waals surface area contributed by atoms with Crippen LogP contribution in [0.5, 0.6) is 17.2 Å². The van der Waals surface area contributed by atoms with E-state index in [2.05, 4.69) is 64.9 Å². The summed E-state index contributed by atoms with van der Waals surface area (Å²) in [5.74, 6) is 2.87. The Kier molecular flexibility index (Phi) is 27.0. The highest BCUT2D eigenvalue weighted by Gasteiger charge is 2.39. The van der Waals surface area contributed by atoms with Crippen LogP contribution in [0.4, 0.5) is 0 Å². The molecule has 0 spiro atoms. The molecular weight excluding hydrogens is 1370 g/mol. The van der Waals surface area contributed by atoms with Gasteiger partial charge in [-0.1, -0.05) is 97.8 Å². The smallest absolute Gasteiger partial charge is 0.256 e. The molecule has 12 rings (SSSR count). The summed E-state index contributed by atoms with van der Waals surface area (Å²) in [4.78, 5) is 104. The molecule has 26 heteroatoms. The van der Waals surface area contributed by atoms with E-state index in [1.165, 1.54) is 21.3 Å². The number of aliphatic hydroxyl groups excluding tert-OH is 1. The van der Waals surface area contributed by atoms with E-state index in [1.54, 1.807) is 53.7 Å². The first kappa shape index (κ1) is 77.9. The number of pyridine rings is 3. The summed E-state index contributed by atoms with van der Waals surface area (Å²) < 4.78 is 16.2. The molecule has 6 aromatic rings. The number of fused-ring (bicyclic) bond motifs is 3. The van der Waals surface area contributed by atoms with Gasteiger partial charge in [0.25, 0.3) is 34.4 Å². The highest BCUT2D eigenvalue weighted by Crippen LogP contribution is 2.45. The second kappa shape index (κ2) is 33.6. The van der Waals surface area contributed by atoms with E-state index in [9.17, 15) is 28.8 Å². The zero-order chi connectivity index (χ0) is 70.5. The second-order valence-electron chi connectivity index (χ2n) is 25.5. The Balaban J connectivity index is 0.000000199. The first-order chi connectivity index (χ1) is 45.7. The van der Waals surface area contributed by atoms with Crippen LogP contribution in [0.2, 0.25) is 30.1 Å². The number of hydrogen-bond acceptors (Lipinski definition) is 14. The van der Waals surface area contributed by atoms with E-state index in [4.69, 9.17) is 93.7 Å². The summed E-state index contributed by atoms with van der Waals surface area (Å²) in [6.07, 6.45) is 1.77. The minimum Gasteiger partial charge on any atom is -0.496 e. The van der Waals surface area contributed by atoms with Gasteiger partial charge in [0.05, 0.1) is 89.4 Å². The molecule has 3 unspecified atom stereocenters. The minimum absolute atomic E-state index is 0. The van der Waals surface area contributed by atoms with Crippen molar-refractivity contribution >= 4 is 94.1 Å². The summed E-state index contributed by atoms with van der Waals surface area (Å²) in [5.41, 5.74) is 9.15. The van der Waals surface area contributed by atoms with Crippen LogP contribution in [0.3, 0.4) is 0 Å². The van der Waals surface area contributed by atoms with Crippen molar-refractivity contribution in [3.8, 4) is 17.2 Å². The molecule has 0 radical (unpaired) electrons. The molecule has 0 saturated carbocycles. The Morgan fingerprint density at radius 1 is 0.474 bits per heavy atom. The Labute approximate surface area is 597 Å². The van der Waals surface area contributed by atoms with Crippen molar-refractivity contribution < 1.29 is 38.5 Å². The first-order valence-corrected chi connectivity index (χ1v) is 34.0. The number of carbonyl (C=O) groups is 4. The Bertz CT molecular complexity index is 3920. The van der Waals surface area contributed by atoms with E-state index in [0.717, 1.165) is 79.8 Å². The van der Waals surface area contributed by atoms with E-state index in [-0.39, 0.29) is 79.2 Å². The largest absolute Gasteiger partial charge is 0.496 e. The number of likely N-dealkylation sites (tertiary alicyclic amines) is 2. The van der Waals surface area contributed by atoms with E-state index < -0.39 is 0 Å². The highest BCUT2D eigenvalue weighted by molar-refractivity contribution is 6.39. The van der Waals surface area contributed by atoms with E-state index in [1.807, 2.05) is 25.0 Å². The number of rotatable bonds is 15. The predicted molar refractivity (Wildman–Crippen MR) is 385 cm³/mol. The molecule has 5 N–H and O–H groups in total. The number of aromatic amines is 3. The summed E-state index contributed by atoms with van der Waals surface area (Å²) in [7, 11) is 9.74. The predicted octanol–water partition coefficient (Wildman–Crippen LogP) is 11.3. The molecule has 3 fully saturated rings. The number of aryl methyl sites for hydroxylation is 3. The maximum atomic E-state index is 13.5. The minimum atomic E-state index is -0.255. The summed E-state index contributed by atoms with van der Waals surface area (Å²) in [6.45, 7) is 21.5. The molecule has 6 aliphatic heterocycles. The number of ether oxygens (including phenoxy) is 3. The second-order valence-corrected chi connectivity index (χ2v) is 27.9. The number of benzene rings is 3. The lowest BCUT2D eigenvalue weighted by atomic mass is 9.81. The van der Waals surface area contributed by atoms with Crippen molar-refractivity contribution in [2.24, 2.45) is 17.8 Å². The Morgan fingerprint density at radius 2 is 0.732 bits per heavy atom. The van der Waals surface area contributed by atoms with Gasteiger partial charge in [0, 0.05) is 85.1 Å². The van der Waals surface area contributed by atoms with Crippen LogP contribution in [0.1, 0.15) is 144 Å². The molecule has 97 heavy (non-hydrogen) atoms.